The van der Waals surface area contributed by atoms with Crippen LogP contribution in [0.3, 0.4) is 0 Å². The van der Waals surface area contributed by atoms with E-state index in [1.807, 2.05) is 0 Å². The van der Waals surface area contributed by atoms with Crippen molar-refractivity contribution in [1.82, 2.24) is 4.98 Å². The molecule has 0 aliphatic heterocycles. The van der Waals surface area contributed by atoms with Gasteiger partial charge in [-0.15, -0.1) is 11.3 Å². The fourth-order valence-corrected chi connectivity index (χ4v) is 1.69. The third-order valence-electron chi connectivity index (χ3n) is 2.00. The van der Waals surface area contributed by atoms with Crippen molar-refractivity contribution in [1.29, 1.82) is 0 Å². The fraction of sp³-hybridized carbons (Fsp3) is 0.400. The summed E-state index contributed by atoms with van der Waals surface area (Å²) in [4.78, 5) is 30.9. The van der Waals surface area contributed by atoms with Crippen LogP contribution < -0.4 is 5.32 Å². The second-order valence-electron chi connectivity index (χ2n) is 3.30. The molecule has 0 aromatic carbocycles. The number of methoxy groups -OCH3 is 1. The first kappa shape index (κ1) is 14.9. The van der Waals surface area contributed by atoms with Crippen molar-refractivity contribution < 1.29 is 24.3 Å². The molecular weight excluding hydrogens is 274 g/mol. The number of nitrogens with one attached hydrogen (secondary N) is 1. The van der Waals surface area contributed by atoms with Gasteiger partial charge in [-0.25, -0.2) is 14.6 Å². The van der Waals surface area contributed by atoms with Gasteiger partial charge in [0.15, 0.2) is 5.13 Å². The highest BCUT2D eigenvalue weighted by molar-refractivity contribution is 7.14. The number of carbonyl (C=O) groups is 2. The lowest BCUT2D eigenvalue weighted by atomic mass is 10.3. The van der Waals surface area contributed by atoms with Crippen molar-refractivity contribution in [3.63, 3.8) is 0 Å². The first-order chi connectivity index (χ1) is 8.99. The van der Waals surface area contributed by atoms with Crippen LogP contribution in [-0.4, -0.2) is 48.0 Å². The van der Waals surface area contributed by atoms with Crippen molar-refractivity contribution >= 4 is 34.1 Å². The van der Waals surface area contributed by atoms with Crippen molar-refractivity contribution in [2.24, 2.45) is 5.16 Å². The molecule has 8 nitrogen and oxygen atoms in total. The quantitative estimate of drug-likeness (QED) is 0.446. The van der Waals surface area contributed by atoms with Gasteiger partial charge < -0.3 is 20.0 Å². The van der Waals surface area contributed by atoms with Gasteiger partial charge in [-0.3, -0.25) is 0 Å². The molecule has 1 heterocycles. The lowest BCUT2D eigenvalue weighted by Crippen LogP contribution is -2.22. The standard InChI is InChI=1S/C10H13N3O5S/c1-5(9(16)17-3)18-13-7(8(14)15)6-4-19-10(11-2)12-6/h4-5H,1-3H3,(H,11,12)(H,14,15)/b13-7+. The fourth-order valence-electron chi connectivity index (χ4n) is 1.03. The molecule has 0 saturated carbocycles. The van der Waals surface area contributed by atoms with E-state index in [-0.39, 0.29) is 11.4 Å². The van der Waals surface area contributed by atoms with E-state index < -0.39 is 18.0 Å². The molecule has 0 radical (unpaired) electrons. The van der Waals surface area contributed by atoms with Gasteiger partial charge in [0.05, 0.1) is 7.11 Å². The van der Waals surface area contributed by atoms with E-state index in [0.29, 0.717) is 5.13 Å². The predicted octanol–water partition coefficient (Wildman–Crippen LogP) is 0.552. The van der Waals surface area contributed by atoms with Gasteiger partial charge in [0.1, 0.15) is 5.69 Å². The number of oxime groups is 1. The van der Waals surface area contributed by atoms with E-state index in [1.165, 1.54) is 30.8 Å². The first-order valence-electron chi connectivity index (χ1n) is 5.18. The normalized spacial score (nSPS) is 12.7. The summed E-state index contributed by atoms with van der Waals surface area (Å²) in [6.45, 7) is 1.40. The molecule has 0 bridgehead atoms. The van der Waals surface area contributed by atoms with Crippen molar-refractivity contribution in [3.05, 3.63) is 11.1 Å². The summed E-state index contributed by atoms with van der Waals surface area (Å²) in [5.41, 5.74) is -0.229. The minimum atomic E-state index is -1.30. The molecule has 1 unspecified atom stereocenters. The van der Waals surface area contributed by atoms with E-state index in [1.54, 1.807) is 7.05 Å². The van der Waals surface area contributed by atoms with Gasteiger partial charge in [0.25, 0.3) is 0 Å². The number of aromatic nitrogens is 1. The van der Waals surface area contributed by atoms with Crippen molar-refractivity contribution in [2.45, 2.75) is 13.0 Å². The topological polar surface area (TPSA) is 110 Å². The lowest BCUT2D eigenvalue weighted by molar-refractivity contribution is -0.153. The van der Waals surface area contributed by atoms with E-state index in [0.717, 1.165) is 0 Å². The summed E-state index contributed by atoms with van der Waals surface area (Å²) in [5.74, 6) is -1.95. The average Bonchev–Trinajstić information content (AvgIpc) is 2.86. The molecule has 2 N–H and O–H groups in total. The Balaban J connectivity index is 2.89. The highest BCUT2D eigenvalue weighted by atomic mass is 32.1. The number of carboxylic acid groups (broad SMARTS) is 1. The Bertz CT molecular complexity index is 499. The molecule has 1 aromatic rings. The van der Waals surface area contributed by atoms with E-state index in [4.69, 9.17) is 9.94 Å². The number of hydrogen-bond donors (Lipinski definition) is 2. The van der Waals surface area contributed by atoms with Gasteiger partial charge in [-0.2, -0.15) is 0 Å². The van der Waals surface area contributed by atoms with E-state index in [2.05, 4.69) is 20.2 Å². The molecule has 104 valence electrons. The number of carboxylic acids is 1. The second-order valence-corrected chi connectivity index (χ2v) is 4.16. The number of carbonyl (C=O) groups excluding carboxylic acids is 1. The second kappa shape index (κ2) is 6.69. The Morgan fingerprint density at radius 1 is 1.58 bits per heavy atom. The Labute approximate surface area is 113 Å². The lowest BCUT2D eigenvalue weighted by Gasteiger charge is -2.07. The van der Waals surface area contributed by atoms with E-state index >= 15 is 0 Å². The number of nitrogens with zero attached hydrogens (tertiary/aromatic N) is 2. The Morgan fingerprint density at radius 2 is 2.26 bits per heavy atom. The molecule has 0 saturated heterocycles. The number of anilines is 1. The highest BCUT2D eigenvalue weighted by Gasteiger charge is 2.20. The molecule has 1 atom stereocenters. The highest BCUT2D eigenvalue weighted by Crippen LogP contribution is 2.15. The molecule has 0 fully saturated rings. The summed E-state index contributed by atoms with van der Waals surface area (Å²) >= 11 is 1.23. The van der Waals surface area contributed by atoms with Crippen LogP contribution in [0.15, 0.2) is 10.5 Å². The van der Waals surface area contributed by atoms with Crippen LogP contribution in [0, 0.1) is 0 Å². The van der Waals surface area contributed by atoms with Crippen LogP contribution in [0.1, 0.15) is 12.6 Å². The number of esters is 1. The van der Waals surface area contributed by atoms with Crippen LogP contribution in [-0.2, 0) is 19.2 Å². The molecule has 9 heteroatoms. The summed E-state index contributed by atoms with van der Waals surface area (Å²) in [6, 6.07) is 0. The number of thiazole rings is 1. The smallest absolute Gasteiger partial charge is 0.360 e. The van der Waals surface area contributed by atoms with Crippen LogP contribution >= 0.6 is 11.3 Å². The molecule has 0 spiro atoms. The van der Waals surface area contributed by atoms with Crippen LogP contribution in [0.5, 0.6) is 0 Å². The van der Waals surface area contributed by atoms with Gasteiger partial charge >= 0.3 is 11.9 Å². The number of rotatable bonds is 6. The summed E-state index contributed by atoms with van der Waals surface area (Å²) in [7, 11) is 2.86. The monoisotopic (exact) mass is 287 g/mol. The maximum Gasteiger partial charge on any atom is 0.360 e. The maximum atomic E-state index is 11.1. The summed E-state index contributed by atoms with van der Waals surface area (Å²) < 4.78 is 4.43. The molecular formula is C10H13N3O5S. The minimum absolute atomic E-state index is 0.152. The summed E-state index contributed by atoms with van der Waals surface area (Å²) in [5, 5.41) is 17.3. The molecule has 1 aromatic heterocycles. The Morgan fingerprint density at radius 3 is 2.74 bits per heavy atom. The van der Waals surface area contributed by atoms with Gasteiger partial charge in [-0.1, -0.05) is 5.16 Å². The minimum Gasteiger partial charge on any atom is -0.476 e. The van der Waals surface area contributed by atoms with Crippen molar-refractivity contribution in [2.75, 3.05) is 19.5 Å². The largest absolute Gasteiger partial charge is 0.476 e. The zero-order valence-corrected chi connectivity index (χ0v) is 11.4. The molecule has 0 amide bonds. The predicted molar refractivity (Wildman–Crippen MR) is 68.4 cm³/mol. The van der Waals surface area contributed by atoms with Crippen LogP contribution in [0.4, 0.5) is 5.13 Å². The molecule has 19 heavy (non-hydrogen) atoms. The molecule has 0 aliphatic rings. The van der Waals surface area contributed by atoms with Crippen LogP contribution in [0.25, 0.3) is 0 Å². The SMILES string of the molecule is CNc1nc(/C(=N\OC(C)C(=O)OC)C(=O)O)cs1. The number of aliphatic carboxylic acids is 1. The van der Waals surface area contributed by atoms with Gasteiger partial charge in [0.2, 0.25) is 11.8 Å². The number of hydrogen-bond acceptors (Lipinski definition) is 8. The van der Waals surface area contributed by atoms with Crippen LogP contribution in [0.2, 0.25) is 0 Å². The zero-order chi connectivity index (χ0) is 14.4. The molecule has 1 rings (SSSR count). The Kier molecular flexibility index (Phi) is 5.24. The summed E-state index contributed by atoms with van der Waals surface area (Å²) in [6.07, 6.45) is -0.998. The third-order valence-corrected chi connectivity index (χ3v) is 2.86. The molecule has 0 aliphatic carbocycles. The first-order valence-corrected chi connectivity index (χ1v) is 6.06. The van der Waals surface area contributed by atoms with E-state index in [9.17, 15) is 9.59 Å². The van der Waals surface area contributed by atoms with Gasteiger partial charge in [0, 0.05) is 12.4 Å². The number of ether oxygens (including phenoxy) is 1. The van der Waals surface area contributed by atoms with Gasteiger partial charge in [-0.05, 0) is 6.92 Å². The zero-order valence-electron chi connectivity index (χ0n) is 10.5. The third kappa shape index (κ3) is 3.91. The average molecular weight is 287 g/mol. The maximum absolute atomic E-state index is 11.1. The van der Waals surface area contributed by atoms with Crippen molar-refractivity contribution in [3.8, 4) is 0 Å². The Hall–Kier alpha value is -2.16.